The highest BCUT2D eigenvalue weighted by atomic mass is 32.2. The van der Waals surface area contributed by atoms with Gasteiger partial charge in [0, 0.05) is 31.1 Å². The number of nitrogens with two attached hydrogens (primary N) is 1. The van der Waals surface area contributed by atoms with Crippen molar-refractivity contribution in [1.82, 2.24) is 15.3 Å². The van der Waals surface area contributed by atoms with E-state index in [1.807, 2.05) is 32.0 Å². The van der Waals surface area contributed by atoms with Crippen molar-refractivity contribution in [2.24, 2.45) is 5.14 Å². The summed E-state index contributed by atoms with van der Waals surface area (Å²) in [6, 6.07) is 20.8. The zero-order chi connectivity index (χ0) is 33.3. The summed E-state index contributed by atoms with van der Waals surface area (Å²) in [5.41, 5.74) is 5.76. The Kier molecular flexibility index (Phi) is 10.8. The second kappa shape index (κ2) is 14.9. The Bertz CT molecular complexity index is 1940. The standard InChI is InChI=1S/C33H32N8O4S/c1-21-17-25(5-4-15-34)18-22(2)30(21)40-31-29(32(42)37-16-14-23-8-12-27(13-9-23)46(36,43)44)28(20-45-3)39-33(41-31)38-26-10-6-24(19-35)7-11-26/h4-13,17-18H,14,16,20H2,1-3H3,(H,37,42)(H2,36,43,44)(H2,38,39,40,41)/b5-4+. The molecule has 0 aliphatic rings. The van der Waals surface area contributed by atoms with Crippen LogP contribution in [0.15, 0.2) is 71.6 Å². The van der Waals surface area contributed by atoms with Crippen LogP contribution in [0.25, 0.3) is 6.08 Å². The smallest absolute Gasteiger partial charge is 0.257 e. The molecule has 4 aromatic rings. The van der Waals surface area contributed by atoms with Crippen LogP contribution in [0.4, 0.5) is 23.1 Å². The van der Waals surface area contributed by atoms with E-state index in [9.17, 15) is 13.2 Å². The van der Waals surface area contributed by atoms with Crippen molar-refractivity contribution in [3.8, 4) is 12.1 Å². The molecule has 12 nitrogen and oxygen atoms in total. The minimum atomic E-state index is -3.81. The van der Waals surface area contributed by atoms with Gasteiger partial charge in [-0.1, -0.05) is 12.1 Å². The summed E-state index contributed by atoms with van der Waals surface area (Å²) in [5.74, 6) is -0.00106. The second-order valence-corrected chi connectivity index (χ2v) is 11.8. The lowest BCUT2D eigenvalue weighted by molar-refractivity contribution is 0.0948. The molecule has 0 aliphatic heterocycles. The molecule has 0 radical (unpaired) electrons. The average molecular weight is 637 g/mol. The van der Waals surface area contributed by atoms with Crippen LogP contribution in [0.1, 0.15) is 43.9 Å². The Labute approximate surface area is 267 Å². The summed E-state index contributed by atoms with van der Waals surface area (Å²) < 4.78 is 28.6. The number of methoxy groups -OCH3 is 1. The van der Waals surface area contributed by atoms with E-state index in [4.69, 9.17) is 20.4 Å². The third-order valence-corrected chi connectivity index (χ3v) is 7.79. The molecule has 5 N–H and O–H groups in total. The fourth-order valence-corrected chi connectivity index (χ4v) is 5.20. The first kappa shape index (κ1) is 33.3. The van der Waals surface area contributed by atoms with Gasteiger partial charge in [-0.15, -0.1) is 0 Å². The van der Waals surface area contributed by atoms with Gasteiger partial charge in [0.1, 0.15) is 11.4 Å². The molecule has 1 heterocycles. The van der Waals surface area contributed by atoms with Crippen molar-refractivity contribution in [3.05, 3.63) is 106 Å². The molecule has 0 fully saturated rings. The lowest BCUT2D eigenvalue weighted by Gasteiger charge is -2.19. The highest BCUT2D eigenvalue weighted by molar-refractivity contribution is 7.89. The van der Waals surface area contributed by atoms with Crippen LogP contribution in [0.2, 0.25) is 0 Å². The predicted molar refractivity (Wildman–Crippen MR) is 175 cm³/mol. The van der Waals surface area contributed by atoms with Crippen LogP contribution in [0.5, 0.6) is 0 Å². The van der Waals surface area contributed by atoms with E-state index in [1.54, 1.807) is 42.5 Å². The van der Waals surface area contributed by atoms with E-state index in [1.165, 1.54) is 25.3 Å². The number of carbonyl (C=O) groups is 1. The summed E-state index contributed by atoms with van der Waals surface area (Å²) in [4.78, 5) is 23.0. The quantitative estimate of drug-likeness (QED) is 0.157. The zero-order valence-corrected chi connectivity index (χ0v) is 26.3. The molecule has 0 saturated heterocycles. The van der Waals surface area contributed by atoms with Crippen LogP contribution in [-0.4, -0.2) is 37.9 Å². The number of benzene rings is 3. The van der Waals surface area contributed by atoms with Gasteiger partial charge in [-0.05, 0) is 97.1 Å². The van der Waals surface area contributed by atoms with Gasteiger partial charge < -0.3 is 20.7 Å². The maximum absolute atomic E-state index is 13.7. The molecule has 0 unspecified atom stereocenters. The first-order chi connectivity index (χ1) is 22.0. The van der Waals surface area contributed by atoms with Crippen LogP contribution < -0.4 is 21.1 Å². The Morgan fingerprint density at radius 1 is 1.00 bits per heavy atom. The first-order valence-electron chi connectivity index (χ1n) is 14.0. The number of aromatic nitrogens is 2. The number of sulfonamides is 1. The number of aryl methyl sites for hydroxylation is 2. The van der Waals surface area contributed by atoms with Gasteiger partial charge >= 0.3 is 0 Å². The maximum Gasteiger partial charge on any atom is 0.257 e. The van der Waals surface area contributed by atoms with E-state index in [0.29, 0.717) is 23.4 Å². The van der Waals surface area contributed by atoms with Crippen LogP contribution in [0, 0.1) is 36.5 Å². The van der Waals surface area contributed by atoms with E-state index < -0.39 is 15.9 Å². The molecule has 1 aromatic heterocycles. The summed E-state index contributed by atoms with van der Waals surface area (Å²) >= 11 is 0. The molecule has 234 valence electrons. The Morgan fingerprint density at radius 3 is 2.26 bits per heavy atom. The minimum Gasteiger partial charge on any atom is -0.378 e. The van der Waals surface area contributed by atoms with E-state index >= 15 is 0 Å². The molecule has 4 rings (SSSR count). The van der Waals surface area contributed by atoms with Crippen molar-refractivity contribution in [3.63, 3.8) is 0 Å². The van der Waals surface area contributed by atoms with Crippen molar-refractivity contribution in [2.75, 3.05) is 24.3 Å². The molecule has 0 bridgehead atoms. The van der Waals surface area contributed by atoms with Crippen LogP contribution in [0.3, 0.4) is 0 Å². The molecular formula is C33H32N8O4S. The average Bonchev–Trinajstić information content (AvgIpc) is 3.02. The largest absolute Gasteiger partial charge is 0.378 e. The van der Waals surface area contributed by atoms with E-state index in [0.717, 1.165) is 27.9 Å². The number of anilines is 4. The molecule has 1 amide bonds. The second-order valence-electron chi connectivity index (χ2n) is 10.3. The number of nitrogens with one attached hydrogen (secondary N) is 3. The van der Waals surface area contributed by atoms with Gasteiger partial charge in [-0.2, -0.15) is 15.5 Å². The third-order valence-electron chi connectivity index (χ3n) is 6.86. The summed E-state index contributed by atoms with van der Waals surface area (Å²) in [6.45, 7) is 4.07. The van der Waals surface area contributed by atoms with Gasteiger partial charge in [0.15, 0.2) is 0 Å². The minimum absolute atomic E-state index is 0.00627. The van der Waals surface area contributed by atoms with Crippen molar-refractivity contribution in [1.29, 1.82) is 10.5 Å². The van der Waals surface area contributed by atoms with Gasteiger partial charge in [0.25, 0.3) is 5.91 Å². The van der Waals surface area contributed by atoms with Gasteiger partial charge in [-0.25, -0.2) is 18.5 Å². The number of allylic oxidation sites excluding steroid dienone is 1. The number of carbonyl (C=O) groups excluding carboxylic acids is 1. The predicted octanol–water partition coefficient (Wildman–Crippen LogP) is 4.76. The molecule has 0 saturated carbocycles. The van der Waals surface area contributed by atoms with E-state index in [2.05, 4.69) is 32.0 Å². The fraction of sp³-hybridized carbons (Fsp3) is 0.182. The first-order valence-corrected chi connectivity index (χ1v) is 15.6. The fourth-order valence-electron chi connectivity index (χ4n) is 4.69. The lowest BCUT2D eigenvalue weighted by atomic mass is 10.0. The monoisotopic (exact) mass is 636 g/mol. The van der Waals surface area contributed by atoms with Gasteiger partial charge in [-0.3, -0.25) is 4.79 Å². The maximum atomic E-state index is 13.7. The van der Waals surface area contributed by atoms with Crippen LogP contribution >= 0.6 is 0 Å². The Morgan fingerprint density at radius 2 is 1.67 bits per heavy atom. The van der Waals surface area contributed by atoms with Crippen molar-refractivity contribution in [2.45, 2.75) is 31.8 Å². The molecule has 13 heteroatoms. The number of primary sulfonamides is 1. The van der Waals surface area contributed by atoms with Crippen molar-refractivity contribution >= 4 is 45.1 Å². The number of hydrogen-bond donors (Lipinski definition) is 4. The normalized spacial score (nSPS) is 11.1. The van der Waals surface area contributed by atoms with Crippen LogP contribution in [-0.2, 0) is 27.8 Å². The van der Waals surface area contributed by atoms with Gasteiger partial charge in [0.05, 0.1) is 34.9 Å². The Balaban J connectivity index is 1.69. The number of nitrogens with zero attached hydrogens (tertiary/aromatic N) is 4. The highest BCUT2D eigenvalue weighted by Gasteiger charge is 2.23. The number of nitriles is 2. The zero-order valence-electron chi connectivity index (χ0n) is 25.5. The summed E-state index contributed by atoms with van der Waals surface area (Å²) in [5, 5.41) is 32.7. The SMILES string of the molecule is COCc1nc(Nc2ccc(C#N)cc2)nc(Nc2c(C)cc(/C=C/C#N)cc2C)c1C(=O)NCCc1ccc(S(N)(=O)=O)cc1. The number of hydrogen-bond acceptors (Lipinski definition) is 10. The number of rotatable bonds is 12. The molecular weight excluding hydrogens is 604 g/mol. The topological polar surface area (TPSA) is 196 Å². The molecule has 0 aliphatic carbocycles. The molecule has 46 heavy (non-hydrogen) atoms. The molecule has 0 spiro atoms. The number of ether oxygens (including phenoxy) is 1. The van der Waals surface area contributed by atoms with E-state index in [-0.39, 0.29) is 35.4 Å². The summed E-state index contributed by atoms with van der Waals surface area (Å²) in [7, 11) is -2.31. The van der Waals surface area contributed by atoms with Crippen molar-refractivity contribution < 1.29 is 17.9 Å². The summed E-state index contributed by atoms with van der Waals surface area (Å²) in [6.07, 6.45) is 3.54. The Hall–Kier alpha value is -5.60. The molecule has 3 aromatic carbocycles. The van der Waals surface area contributed by atoms with Gasteiger partial charge in [0.2, 0.25) is 16.0 Å². The molecule has 0 atom stereocenters. The number of amides is 1. The lowest BCUT2D eigenvalue weighted by Crippen LogP contribution is -2.29. The highest BCUT2D eigenvalue weighted by Crippen LogP contribution is 2.30. The third kappa shape index (κ3) is 8.52.